The van der Waals surface area contributed by atoms with Gasteiger partial charge in [0.2, 0.25) is 0 Å². The van der Waals surface area contributed by atoms with E-state index >= 15 is 0 Å². The zero-order valence-electron chi connectivity index (χ0n) is 12.6. The van der Waals surface area contributed by atoms with Crippen LogP contribution in [0.1, 0.15) is 24.5 Å². The summed E-state index contributed by atoms with van der Waals surface area (Å²) in [7, 11) is 1.71. The van der Waals surface area contributed by atoms with E-state index in [1.165, 1.54) is 0 Å². The highest BCUT2D eigenvalue weighted by Crippen LogP contribution is 2.27. The van der Waals surface area contributed by atoms with Crippen molar-refractivity contribution in [3.63, 3.8) is 0 Å². The van der Waals surface area contributed by atoms with Crippen LogP contribution in [0.25, 0.3) is 0 Å². The third kappa shape index (κ3) is 3.96. The zero-order chi connectivity index (χ0) is 15.3. The number of hydrogen-bond acceptors (Lipinski definition) is 2. The van der Waals surface area contributed by atoms with E-state index in [1.807, 2.05) is 32.9 Å². The molecule has 1 rings (SSSR count). The van der Waals surface area contributed by atoms with Crippen LogP contribution in [0.3, 0.4) is 0 Å². The summed E-state index contributed by atoms with van der Waals surface area (Å²) in [5.41, 5.74) is 3.12. The van der Waals surface area contributed by atoms with Gasteiger partial charge < -0.3 is 10.0 Å². The second-order valence-electron chi connectivity index (χ2n) is 4.97. The molecule has 2 amide bonds. The minimum Gasteiger partial charge on any atom is -0.395 e. The van der Waals surface area contributed by atoms with Crippen LogP contribution >= 0.6 is 15.9 Å². The van der Waals surface area contributed by atoms with Gasteiger partial charge >= 0.3 is 6.03 Å². The van der Waals surface area contributed by atoms with Crippen molar-refractivity contribution >= 4 is 27.6 Å². The van der Waals surface area contributed by atoms with Gasteiger partial charge in [-0.1, -0.05) is 22.9 Å². The Balaban J connectivity index is 3.10. The summed E-state index contributed by atoms with van der Waals surface area (Å²) in [5, 5.41) is 8.97. The van der Waals surface area contributed by atoms with Crippen LogP contribution in [0.2, 0.25) is 0 Å². The number of hydrogen-bond donors (Lipinski definition) is 1. The molecule has 1 N–H and O–H groups in total. The van der Waals surface area contributed by atoms with Crippen molar-refractivity contribution in [2.75, 3.05) is 31.6 Å². The third-order valence-electron chi connectivity index (χ3n) is 3.17. The van der Waals surface area contributed by atoms with E-state index < -0.39 is 0 Å². The molecule has 0 saturated carbocycles. The van der Waals surface area contributed by atoms with Gasteiger partial charge in [0.25, 0.3) is 0 Å². The number of carbonyl (C=O) groups is 1. The van der Waals surface area contributed by atoms with Gasteiger partial charge in [0, 0.05) is 30.3 Å². The number of aryl methyl sites for hydroxylation is 2. The molecule has 112 valence electrons. The summed E-state index contributed by atoms with van der Waals surface area (Å²) in [6.07, 6.45) is 0.882. The van der Waals surface area contributed by atoms with Crippen molar-refractivity contribution in [2.24, 2.45) is 0 Å². The number of urea groups is 1. The quantitative estimate of drug-likeness (QED) is 0.891. The minimum atomic E-state index is -0.0815. The molecule has 5 heteroatoms. The number of amides is 2. The Kier molecular flexibility index (Phi) is 6.49. The summed E-state index contributed by atoms with van der Waals surface area (Å²) in [4.78, 5) is 15.8. The van der Waals surface area contributed by atoms with E-state index in [9.17, 15) is 4.79 Å². The van der Waals surface area contributed by atoms with Crippen LogP contribution < -0.4 is 4.90 Å². The number of likely N-dealkylation sites (N-methyl/N-ethyl adjacent to an activating group) is 1. The average molecular weight is 343 g/mol. The van der Waals surface area contributed by atoms with Crippen LogP contribution in [-0.4, -0.2) is 42.8 Å². The van der Waals surface area contributed by atoms with Gasteiger partial charge in [-0.05, 0) is 43.5 Å². The Morgan fingerprint density at radius 1 is 1.25 bits per heavy atom. The van der Waals surface area contributed by atoms with Gasteiger partial charge in [0.15, 0.2) is 0 Å². The Morgan fingerprint density at radius 2 is 1.80 bits per heavy atom. The molecule has 0 bridgehead atoms. The summed E-state index contributed by atoms with van der Waals surface area (Å²) in [6, 6.07) is 3.94. The molecule has 1 aromatic carbocycles. The summed E-state index contributed by atoms with van der Waals surface area (Å²) in [6.45, 7) is 7.06. The van der Waals surface area contributed by atoms with Crippen LogP contribution in [0.15, 0.2) is 16.6 Å². The fourth-order valence-corrected chi connectivity index (χ4v) is 2.32. The lowest BCUT2D eigenvalue weighted by Crippen LogP contribution is -2.43. The van der Waals surface area contributed by atoms with Crippen molar-refractivity contribution in [2.45, 2.75) is 27.2 Å². The molecule has 4 nitrogen and oxygen atoms in total. The van der Waals surface area contributed by atoms with Crippen LogP contribution in [0.5, 0.6) is 0 Å². The van der Waals surface area contributed by atoms with E-state index in [1.54, 1.807) is 16.8 Å². The van der Waals surface area contributed by atoms with E-state index in [4.69, 9.17) is 5.11 Å². The molecule has 0 aliphatic rings. The highest BCUT2D eigenvalue weighted by atomic mass is 79.9. The van der Waals surface area contributed by atoms with Gasteiger partial charge in [-0.2, -0.15) is 0 Å². The molecule has 0 atom stereocenters. The van der Waals surface area contributed by atoms with Crippen molar-refractivity contribution in [1.29, 1.82) is 0 Å². The van der Waals surface area contributed by atoms with E-state index in [-0.39, 0.29) is 12.6 Å². The standard InChI is InChI=1S/C15H23BrN2O2/c1-5-6-18(15(20)17(4)7-8-19)13-9-11(2)14(16)12(3)10-13/h9-10,19H,5-8H2,1-4H3. The number of rotatable bonds is 5. The van der Waals surface area contributed by atoms with E-state index in [0.717, 1.165) is 27.7 Å². The number of aliphatic hydroxyl groups excluding tert-OH is 1. The fourth-order valence-electron chi connectivity index (χ4n) is 2.09. The number of nitrogens with zero attached hydrogens (tertiary/aromatic N) is 2. The molecule has 0 radical (unpaired) electrons. The second kappa shape index (κ2) is 7.64. The number of anilines is 1. The smallest absolute Gasteiger partial charge is 0.324 e. The van der Waals surface area contributed by atoms with E-state index in [0.29, 0.717) is 13.1 Å². The Bertz CT molecular complexity index is 454. The molecule has 0 fully saturated rings. The predicted molar refractivity (Wildman–Crippen MR) is 86.4 cm³/mol. The molecule has 0 heterocycles. The molecule has 0 saturated heterocycles. The topological polar surface area (TPSA) is 43.8 Å². The summed E-state index contributed by atoms with van der Waals surface area (Å²) in [5.74, 6) is 0. The van der Waals surface area contributed by atoms with E-state index in [2.05, 4.69) is 15.9 Å². The highest BCUT2D eigenvalue weighted by molar-refractivity contribution is 9.10. The largest absolute Gasteiger partial charge is 0.395 e. The fraction of sp³-hybridized carbons (Fsp3) is 0.533. The van der Waals surface area contributed by atoms with Gasteiger partial charge in [0.05, 0.1) is 6.61 Å². The molecular formula is C15H23BrN2O2. The molecule has 1 aromatic rings. The SMILES string of the molecule is CCCN(C(=O)N(C)CCO)c1cc(C)c(Br)c(C)c1. The van der Waals surface area contributed by atoms with Crippen LogP contribution in [-0.2, 0) is 0 Å². The zero-order valence-corrected chi connectivity index (χ0v) is 14.2. The minimum absolute atomic E-state index is 0.0272. The lowest BCUT2D eigenvalue weighted by atomic mass is 10.1. The second-order valence-corrected chi connectivity index (χ2v) is 5.77. The number of benzene rings is 1. The Labute approximate surface area is 129 Å². The maximum absolute atomic E-state index is 12.5. The molecule has 20 heavy (non-hydrogen) atoms. The lowest BCUT2D eigenvalue weighted by molar-refractivity contribution is 0.196. The highest BCUT2D eigenvalue weighted by Gasteiger charge is 2.19. The van der Waals surface area contributed by atoms with Crippen molar-refractivity contribution < 1.29 is 9.90 Å². The first-order chi connectivity index (χ1) is 9.42. The van der Waals surface area contributed by atoms with Gasteiger partial charge in [-0.3, -0.25) is 4.90 Å². The average Bonchev–Trinajstić information content (AvgIpc) is 2.41. The molecule has 0 aromatic heterocycles. The maximum Gasteiger partial charge on any atom is 0.324 e. The first-order valence-corrected chi connectivity index (χ1v) is 7.61. The summed E-state index contributed by atoms with van der Waals surface area (Å²) >= 11 is 3.55. The van der Waals surface area contributed by atoms with Gasteiger partial charge in [-0.15, -0.1) is 0 Å². The normalized spacial score (nSPS) is 10.5. The van der Waals surface area contributed by atoms with Crippen LogP contribution in [0.4, 0.5) is 10.5 Å². The monoisotopic (exact) mass is 342 g/mol. The lowest BCUT2D eigenvalue weighted by Gasteiger charge is -2.28. The number of carbonyl (C=O) groups excluding carboxylic acids is 1. The first kappa shape index (κ1) is 17.0. The molecule has 0 unspecified atom stereocenters. The molecule has 0 spiro atoms. The van der Waals surface area contributed by atoms with Gasteiger partial charge in [0.1, 0.15) is 0 Å². The third-order valence-corrected chi connectivity index (χ3v) is 4.42. The number of aliphatic hydroxyl groups is 1. The first-order valence-electron chi connectivity index (χ1n) is 6.82. The number of halogens is 1. The van der Waals surface area contributed by atoms with Crippen molar-refractivity contribution in [3.8, 4) is 0 Å². The Hall–Kier alpha value is -1.07. The van der Waals surface area contributed by atoms with Crippen LogP contribution in [0, 0.1) is 13.8 Å². The van der Waals surface area contributed by atoms with Crippen molar-refractivity contribution in [1.82, 2.24) is 4.90 Å². The summed E-state index contributed by atoms with van der Waals surface area (Å²) < 4.78 is 1.08. The van der Waals surface area contributed by atoms with Crippen molar-refractivity contribution in [3.05, 3.63) is 27.7 Å². The Morgan fingerprint density at radius 3 is 2.25 bits per heavy atom. The molecule has 0 aliphatic heterocycles. The maximum atomic E-state index is 12.5. The molecule has 0 aliphatic carbocycles. The molecular weight excluding hydrogens is 320 g/mol. The predicted octanol–water partition coefficient (Wildman–Crippen LogP) is 3.33. The van der Waals surface area contributed by atoms with Gasteiger partial charge in [-0.25, -0.2) is 4.79 Å².